The lowest BCUT2D eigenvalue weighted by molar-refractivity contribution is 0.320. The van der Waals surface area contributed by atoms with E-state index in [0.717, 1.165) is 0 Å². The van der Waals surface area contributed by atoms with Crippen molar-refractivity contribution in [2.45, 2.75) is 18.2 Å². The molecule has 1 rings (SSSR count). The van der Waals surface area contributed by atoms with Crippen LogP contribution in [0.1, 0.15) is 13.3 Å². The Morgan fingerprint density at radius 2 is 2.00 bits per heavy atom. The van der Waals surface area contributed by atoms with Gasteiger partial charge in [0.25, 0.3) is 0 Å². The molecular formula is C11H17NO3S. The normalized spacial score (nSPS) is 11.4. The molecule has 0 spiro atoms. The predicted octanol–water partition coefficient (Wildman–Crippen LogP) is 1.21. The van der Waals surface area contributed by atoms with E-state index >= 15 is 0 Å². The van der Waals surface area contributed by atoms with Crippen molar-refractivity contribution in [2.75, 3.05) is 18.9 Å². The van der Waals surface area contributed by atoms with Gasteiger partial charge < -0.3 is 10.5 Å². The summed E-state index contributed by atoms with van der Waals surface area (Å²) >= 11 is 0. The summed E-state index contributed by atoms with van der Waals surface area (Å²) in [5.74, 6) is 0.525. The average molecular weight is 243 g/mol. The van der Waals surface area contributed by atoms with Crippen molar-refractivity contribution in [1.82, 2.24) is 0 Å². The first-order valence-electron chi connectivity index (χ1n) is 5.26. The summed E-state index contributed by atoms with van der Waals surface area (Å²) < 4.78 is 29.1. The van der Waals surface area contributed by atoms with Crippen LogP contribution < -0.4 is 10.5 Å². The summed E-state index contributed by atoms with van der Waals surface area (Å²) in [6.45, 7) is 2.52. The second kappa shape index (κ2) is 5.86. The second-order valence-corrected chi connectivity index (χ2v) is 5.48. The fourth-order valence-corrected chi connectivity index (χ4v) is 2.85. The van der Waals surface area contributed by atoms with Crippen molar-refractivity contribution in [3.8, 4) is 5.75 Å². The van der Waals surface area contributed by atoms with Gasteiger partial charge in [0.2, 0.25) is 0 Å². The van der Waals surface area contributed by atoms with Crippen LogP contribution in [0.25, 0.3) is 0 Å². The number of nitrogens with two attached hydrogens (primary N) is 1. The minimum atomic E-state index is -3.24. The molecule has 0 aliphatic rings. The number of benzene rings is 1. The standard InChI is InChI=1S/C11H17NO3S/c1-2-9-16(13,14)11-6-4-3-5-10(11)15-8-7-12/h3-6H,2,7-9,12H2,1H3. The number of rotatable bonds is 6. The van der Waals surface area contributed by atoms with Crippen LogP contribution in [0, 0.1) is 0 Å². The fraction of sp³-hybridized carbons (Fsp3) is 0.455. The van der Waals surface area contributed by atoms with E-state index in [1.54, 1.807) is 24.3 Å². The van der Waals surface area contributed by atoms with E-state index < -0.39 is 9.84 Å². The summed E-state index contributed by atoms with van der Waals surface area (Å²) in [5.41, 5.74) is 5.32. The monoisotopic (exact) mass is 243 g/mol. The zero-order valence-corrected chi connectivity index (χ0v) is 10.2. The van der Waals surface area contributed by atoms with Gasteiger partial charge in [0.15, 0.2) is 9.84 Å². The summed E-state index contributed by atoms with van der Waals surface area (Å²) in [4.78, 5) is 0.255. The average Bonchev–Trinajstić information content (AvgIpc) is 2.26. The molecule has 16 heavy (non-hydrogen) atoms. The molecule has 0 radical (unpaired) electrons. The molecule has 90 valence electrons. The highest BCUT2D eigenvalue weighted by atomic mass is 32.2. The van der Waals surface area contributed by atoms with Crippen molar-refractivity contribution < 1.29 is 13.2 Å². The third-order valence-corrected chi connectivity index (χ3v) is 3.99. The van der Waals surface area contributed by atoms with E-state index in [1.807, 2.05) is 6.92 Å². The molecule has 1 aromatic carbocycles. The van der Waals surface area contributed by atoms with Gasteiger partial charge >= 0.3 is 0 Å². The van der Waals surface area contributed by atoms with E-state index in [4.69, 9.17) is 10.5 Å². The highest BCUT2D eigenvalue weighted by molar-refractivity contribution is 7.91. The van der Waals surface area contributed by atoms with Crippen molar-refractivity contribution in [1.29, 1.82) is 0 Å². The van der Waals surface area contributed by atoms with E-state index in [9.17, 15) is 8.42 Å². The van der Waals surface area contributed by atoms with Gasteiger partial charge in [0, 0.05) is 6.54 Å². The van der Waals surface area contributed by atoms with Crippen molar-refractivity contribution in [3.05, 3.63) is 24.3 Å². The molecule has 0 aliphatic heterocycles. The van der Waals surface area contributed by atoms with Crippen molar-refractivity contribution >= 4 is 9.84 Å². The molecule has 0 saturated carbocycles. The largest absolute Gasteiger partial charge is 0.491 e. The molecule has 4 nitrogen and oxygen atoms in total. The van der Waals surface area contributed by atoms with Gasteiger partial charge in [-0.3, -0.25) is 0 Å². The summed E-state index contributed by atoms with van der Waals surface area (Å²) in [6, 6.07) is 6.66. The first-order valence-corrected chi connectivity index (χ1v) is 6.91. The summed E-state index contributed by atoms with van der Waals surface area (Å²) in [5, 5.41) is 0. The lowest BCUT2D eigenvalue weighted by atomic mass is 10.3. The molecule has 5 heteroatoms. The van der Waals surface area contributed by atoms with E-state index in [2.05, 4.69) is 0 Å². The molecule has 0 saturated heterocycles. The Kier molecular flexibility index (Phi) is 4.76. The lowest BCUT2D eigenvalue weighted by Gasteiger charge is -2.10. The van der Waals surface area contributed by atoms with Crippen LogP contribution >= 0.6 is 0 Å². The zero-order chi connectivity index (χ0) is 12.0. The molecule has 0 aliphatic carbocycles. The highest BCUT2D eigenvalue weighted by Gasteiger charge is 2.17. The maximum atomic E-state index is 11.9. The lowest BCUT2D eigenvalue weighted by Crippen LogP contribution is -2.13. The zero-order valence-electron chi connectivity index (χ0n) is 9.35. The highest BCUT2D eigenvalue weighted by Crippen LogP contribution is 2.24. The smallest absolute Gasteiger partial charge is 0.182 e. The number of hydrogen-bond donors (Lipinski definition) is 1. The maximum absolute atomic E-state index is 11.9. The van der Waals surface area contributed by atoms with Crippen LogP contribution in [-0.2, 0) is 9.84 Å². The van der Waals surface area contributed by atoms with E-state index in [0.29, 0.717) is 25.3 Å². The minimum Gasteiger partial charge on any atom is -0.491 e. The number of para-hydroxylation sites is 1. The van der Waals surface area contributed by atoms with Gasteiger partial charge in [-0.2, -0.15) is 0 Å². The fourth-order valence-electron chi connectivity index (χ4n) is 1.37. The molecule has 0 aromatic heterocycles. The molecule has 0 atom stereocenters. The number of hydrogen-bond acceptors (Lipinski definition) is 4. The van der Waals surface area contributed by atoms with Gasteiger partial charge in [-0.15, -0.1) is 0 Å². The molecule has 0 unspecified atom stereocenters. The Labute approximate surface area is 96.3 Å². The molecule has 2 N–H and O–H groups in total. The van der Waals surface area contributed by atoms with Gasteiger partial charge in [-0.25, -0.2) is 8.42 Å². The first-order chi connectivity index (χ1) is 7.61. The Bertz CT molecular complexity index is 429. The molecule has 1 aromatic rings. The van der Waals surface area contributed by atoms with Crippen LogP contribution in [-0.4, -0.2) is 27.3 Å². The molecule has 0 bridgehead atoms. The third kappa shape index (κ3) is 3.21. The molecule has 0 heterocycles. The summed E-state index contributed by atoms with van der Waals surface area (Å²) in [7, 11) is -3.24. The third-order valence-electron chi connectivity index (χ3n) is 2.03. The first kappa shape index (κ1) is 13.0. The Morgan fingerprint density at radius 1 is 1.31 bits per heavy atom. The minimum absolute atomic E-state index is 0.135. The predicted molar refractivity (Wildman–Crippen MR) is 63.3 cm³/mol. The molecule has 0 amide bonds. The second-order valence-electron chi connectivity index (χ2n) is 3.40. The van der Waals surface area contributed by atoms with Gasteiger partial charge in [-0.1, -0.05) is 19.1 Å². The van der Waals surface area contributed by atoms with Crippen LogP contribution in [0.4, 0.5) is 0 Å². The quantitative estimate of drug-likeness (QED) is 0.815. The SMILES string of the molecule is CCCS(=O)(=O)c1ccccc1OCCN. The van der Waals surface area contributed by atoms with Gasteiger partial charge in [-0.05, 0) is 18.6 Å². The van der Waals surface area contributed by atoms with Crippen LogP contribution in [0.15, 0.2) is 29.2 Å². The van der Waals surface area contributed by atoms with Crippen LogP contribution in [0.3, 0.4) is 0 Å². The Hall–Kier alpha value is -1.07. The number of ether oxygens (including phenoxy) is 1. The van der Waals surface area contributed by atoms with Crippen molar-refractivity contribution in [3.63, 3.8) is 0 Å². The molecular weight excluding hydrogens is 226 g/mol. The van der Waals surface area contributed by atoms with Crippen LogP contribution in [0.2, 0.25) is 0 Å². The van der Waals surface area contributed by atoms with Gasteiger partial charge in [0.05, 0.1) is 5.75 Å². The summed E-state index contributed by atoms with van der Waals surface area (Å²) in [6.07, 6.45) is 0.591. The van der Waals surface area contributed by atoms with Gasteiger partial charge in [0.1, 0.15) is 17.3 Å². The Balaban J connectivity index is 3.03. The topological polar surface area (TPSA) is 69.4 Å². The van der Waals surface area contributed by atoms with E-state index in [-0.39, 0.29) is 10.6 Å². The number of sulfone groups is 1. The maximum Gasteiger partial charge on any atom is 0.182 e. The van der Waals surface area contributed by atoms with Crippen LogP contribution in [0.5, 0.6) is 5.75 Å². The van der Waals surface area contributed by atoms with Crippen molar-refractivity contribution in [2.24, 2.45) is 5.73 Å². The molecule has 0 fully saturated rings. The Morgan fingerprint density at radius 3 is 2.62 bits per heavy atom. The van der Waals surface area contributed by atoms with E-state index in [1.165, 1.54) is 0 Å².